The zero-order valence-electron chi connectivity index (χ0n) is 16.5. The summed E-state index contributed by atoms with van der Waals surface area (Å²) in [5.41, 5.74) is 4.16. The fourth-order valence-electron chi connectivity index (χ4n) is 2.62. The Morgan fingerprint density at radius 1 is 1.00 bits per heavy atom. The molecular formula is C22H24N4O2. The van der Waals surface area contributed by atoms with Crippen LogP contribution in [0.1, 0.15) is 35.3 Å². The molecule has 0 saturated carbocycles. The van der Waals surface area contributed by atoms with Gasteiger partial charge in [-0.1, -0.05) is 24.3 Å². The van der Waals surface area contributed by atoms with Crippen molar-refractivity contribution in [2.24, 2.45) is 0 Å². The van der Waals surface area contributed by atoms with E-state index in [9.17, 15) is 4.79 Å². The number of para-hydroxylation sites is 2. The highest BCUT2D eigenvalue weighted by Gasteiger charge is 2.12. The summed E-state index contributed by atoms with van der Waals surface area (Å²) in [6.45, 7) is 7.92. The minimum absolute atomic E-state index is 0.0109. The number of carbonyl (C=O) groups is 1. The number of nitrogens with zero attached hydrogens (tertiary/aromatic N) is 2. The van der Waals surface area contributed by atoms with Gasteiger partial charge in [-0.3, -0.25) is 4.79 Å². The van der Waals surface area contributed by atoms with Gasteiger partial charge in [-0.25, -0.2) is 9.97 Å². The first-order chi connectivity index (χ1) is 13.4. The van der Waals surface area contributed by atoms with Gasteiger partial charge >= 0.3 is 0 Å². The Kier molecular flexibility index (Phi) is 5.89. The summed E-state index contributed by atoms with van der Waals surface area (Å²) in [5.74, 6) is 0.770. The van der Waals surface area contributed by atoms with E-state index < -0.39 is 0 Å². The number of aromatic nitrogens is 2. The van der Waals surface area contributed by atoms with Crippen LogP contribution in [0.4, 0.5) is 17.3 Å². The van der Waals surface area contributed by atoms with Crippen molar-refractivity contribution >= 4 is 23.2 Å². The number of nitrogens with one attached hydrogen (secondary N) is 2. The smallest absolute Gasteiger partial charge is 0.258 e. The van der Waals surface area contributed by atoms with Crippen LogP contribution in [0.25, 0.3) is 0 Å². The van der Waals surface area contributed by atoms with Crippen LogP contribution in [0.15, 0.2) is 54.9 Å². The summed E-state index contributed by atoms with van der Waals surface area (Å²) < 4.78 is 5.73. The van der Waals surface area contributed by atoms with Gasteiger partial charge < -0.3 is 15.4 Å². The topological polar surface area (TPSA) is 76.1 Å². The third-order valence-corrected chi connectivity index (χ3v) is 4.05. The number of anilines is 3. The van der Waals surface area contributed by atoms with Crippen molar-refractivity contribution in [3.63, 3.8) is 0 Å². The number of hydrogen-bond acceptors (Lipinski definition) is 5. The molecule has 0 unspecified atom stereocenters. The first-order valence-electron chi connectivity index (χ1n) is 9.15. The minimum Gasteiger partial charge on any atom is -0.489 e. The Labute approximate surface area is 165 Å². The minimum atomic E-state index is -0.293. The van der Waals surface area contributed by atoms with Gasteiger partial charge in [-0.2, -0.15) is 0 Å². The van der Waals surface area contributed by atoms with Crippen molar-refractivity contribution in [2.75, 3.05) is 10.6 Å². The van der Waals surface area contributed by atoms with Crippen molar-refractivity contribution in [3.05, 3.63) is 71.5 Å². The van der Waals surface area contributed by atoms with Gasteiger partial charge in [0.15, 0.2) is 0 Å². The molecule has 3 aromatic rings. The molecule has 2 aromatic carbocycles. The van der Waals surface area contributed by atoms with Crippen LogP contribution in [0.5, 0.6) is 5.75 Å². The lowest BCUT2D eigenvalue weighted by Crippen LogP contribution is -2.15. The van der Waals surface area contributed by atoms with E-state index in [0.717, 1.165) is 16.8 Å². The maximum Gasteiger partial charge on any atom is 0.258 e. The van der Waals surface area contributed by atoms with Crippen LogP contribution in [0, 0.1) is 13.8 Å². The van der Waals surface area contributed by atoms with E-state index in [1.165, 1.54) is 12.4 Å². The lowest BCUT2D eigenvalue weighted by molar-refractivity contribution is 0.102. The van der Waals surface area contributed by atoms with Crippen LogP contribution >= 0.6 is 0 Å². The molecule has 0 fully saturated rings. The van der Waals surface area contributed by atoms with E-state index in [-0.39, 0.29) is 12.0 Å². The molecule has 6 nitrogen and oxygen atoms in total. The fourth-order valence-corrected chi connectivity index (χ4v) is 2.62. The molecule has 0 aliphatic carbocycles. The van der Waals surface area contributed by atoms with Gasteiger partial charge in [0.1, 0.15) is 5.75 Å². The number of ether oxygens (including phenoxy) is 1. The van der Waals surface area contributed by atoms with Crippen molar-refractivity contribution in [3.8, 4) is 5.75 Å². The summed E-state index contributed by atoms with van der Waals surface area (Å²) in [6.07, 6.45) is 3.01. The highest BCUT2D eigenvalue weighted by molar-refractivity contribution is 6.04. The maximum atomic E-state index is 12.6. The Morgan fingerprint density at radius 3 is 2.43 bits per heavy atom. The van der Waals surface area contributed by atoms with Gasteiger partial charge in [-0.15, -0.1) is 0 Å². The summed E-state index contributed by atoms with van der Waals surface area (Å²) in [5, 5.41) is 6.04. The first-order valence-corrected chi connectivity index (χ1v) is 9.15. The molecule has 2 N–H and O–H groups in total. The van der Waals surface area contributed by atoms with E-state index in [0.29, 0.717) is 22.9 Å². The number of carbonyl (C=O) groups excluding carboxylic acids is 1. The van der Waals surface area contributed by atoms with E-state index in [4.69, 9.17) is 4.74 Å². The predicted octanol–water partition coefficient (Wildman–Crippen LogP) is 4.88. The Balaban J connectivity index is 1.71. The average molecular weight is 376 g/mol. The third kappa shape index (κ3) is 4.85. The summed E-state index contributed by atoms with van der Waals surface area (Å²) in [6, 6.07) is 13.5. The lowest BCUT2D eigenvalue weighted by Gasteiger charge is -2.14. The first kappa shape index (κ1) is 19.4. The second-order valence-corrected chi connectivity index (χ2v) is 6.86. The van der Waals surface area contributed by atoms with E-state index >= 15 is 0 Å². The standard InChI is InChI=1S/C22H24N4O2/c1-14(2)28-20-8-6-5-7-18(20)25-21(27)17-12-23-22(24-13-17)26-19-11-15(3)9-10-16(19)4/h5-14H,1-4H3,(H,25,27)(H,23,24,26). The van der Waals surface area contributed by atoms with Gasteiger partial charge in [-0.05, 0) is 57.0 Å². The molecule has 3 rings (SSSR count). The molecule has 0 radical (unpaired) electrons. The van der Waals surface area contributed by atoms with Crippen LogP contribution in [0.2, 0.25) is 0 Å². The second-order valence-electron chi connectivity index (χ2n) is 6.86. The average Bonchev–Trinajstić information content (AvgIpc) is 2.66. The molecule has 1 amide bonds. The Bertz CT molecular complexity index is 969. The molecule has 0 aliphatic rings. The van der Waals surface area contributed by atoms with E-state index in [1.54, 1.807) is 6.07 Å². The molecule has 1 aromatic heterocycles. The van der Waals surface area contributed by atoms with Crippen LogP contribution in [0.3, 0.4) is 0 Å². The van der Waals surface area contributed by atoms with Crippen LogP contribution in [-0.4, -0.2) is 22.0 Å². The van der Waals surface area contributed by atoms with Crippen LogP contribution in [-0.2, 0) is 0 Å². The van der Waals surface area contributed by atoms with Gasteiger partial charge in [0, 0.05) is 18.1 Å². The van der Waals surface area contributed by atoms with Crippen molar-refractivity contribution in [1.29, 1.82) is 0 Å². The lowest BCUT2D eigenvalue weighted by atomic mass is 10.1. The predicted molar refractivity (Wildman–Crippen MR) is 111 cm³/mol. The normalized spacial score (nSPS) is 10.6. The quantitative estimate of drug-likeness (QED) is 0.641. The Morgan fingerprint density at radius 2 is 1.71 bits per heavy atom. The number of benzene rings is 2. The number of amides is 1. The van der Waals surface area contributed by atoms with Crippen LogP contribution < -0.4 is 15.4 Å². The van der Waals surface area contributed by atoms with Crippen molar-refractivity contribution in [1.82, 2.24) is 9.97 Å². The molecule has 144 valence electrons. The summed E-state index contributed by atoms with van der Waals surface area (Å²) in [4.78, 5) is 21.1. The second kappa shape index (κ2) is 8.52. The SMILES string of the molecule is Cc1ccc(C)c(Nc2ncc(C(=O)Nc3ccccc3OC(C)C)cn2)c1. The highest BCUT2D eigenvalue weighted by atomic mass is 16.5. The molecule has 0 saturated heterocycles. The largest absolute Gasteiger partial charge is 0.489 e. The monoisotopic (exact) mass is 376 g/mol. The summed E-state index contributed by atoms with van der Waals surface area (Å²) in [7, 11) is 0. The molecule has 0 bridgehead atoms. The molecule has 28 heavy (non-hydrogen) atoms. The van der Waals surface area contributed by atoms with Crippen molar-refractivity contribution in [2.45, 2.75) is 33.8 Å². The molecule has 1 heterocycles. The molecule has 0 atom stereocenters. The highest BCUT2D eigenvalue weighted by Crippen LogP contribution is 2.25. The Hall–Kier alpha value is -3.41. The number of rotatable bonds is 6. The zero-order valence-corrected chi connectivity index (χ0v) is 16.5. The third-order valence-electron chi connectivity index (χ3n) is 4.05. The van der Waals surface area contributed by atoms with Crippen molar-refractivity contribution < 1.29 is 9.53 Å². The fraction of sp³-hybridized carbons (Fsp3) is 0.227. The van der Waals surface area contributed by atoms with E-state index in [2.05, 4.69) is 26.7 Å². The molecule has 0 spiro atoms. The molecule has 0 aliphatic heterocycles. The maximum absolute atomic E-state index is 12.6. The summed E-state index contributed by atoms with van der Waals surface area (Å²) >= 11 is 0. The zero-order chi connectivity index (χ0) is 20.1. The van der Waals surface area contributed by atoms with Gasteiger partial charge in [0.25, 0.3) is 5.91 Å². The molecular weight excluding hydrogens is 352 g/mol. The molecule has 6 heteroatoms. The van der Waals surface area contributed by atoms with Gasteiger partial charge in [0.2, 0.25) is 5.95 Å². The number of aryl methyl sites for hydroxylation is 2. The van der Waals surface area contributed by atoms with Gasteiger partial charge in [0.05, 0.1) is 17.4 Å². The van der Waals surface area contributed by atoms with E-state index in [1.807, 2.05) is 58.0 Å². The number of hydrogen-bond donors (Lipinski definition) is 2.